The SMILES string of the molecule is CCCCC1(CS)NC(=O)N(CCC)C1=O. The van der Waals surface area contributed by atoms with E-state index in [0.29, 0.717) is 18.7 Å². The van der Waals surface area contributed by atoms with E-state index in [-0.39, 0.29) is 11.9 Å². The maximum atomic E-state index is 12.2. The molecule has 0 aromatic heterocycles. The summed E-state index contributed by atoms with van der Waals surface area (Å²) in [6.45, 7) is 4.51. The van der Waals surface area contributed by atoms with Crippen LogP contribution in [0.3, 0.4) is 0 Å². The number of nitrogens with one attached hydrogen (secondary N) is 1. The summed E-state index contributed by atoms with van der Waals surface area (Å²) in [5.41, 5.74) is -0.759. The molecule has 0 spiro atoms. The van der Waals surface area contributed by atoms with E-state index in [0.717, 1.165) is 19.3 Å². The average Bonchev–Trinajstić information content (AvgIpc) is 2.52. The highest BCUT2D eigenvalue weighted by Crippen LogP contribution is 2.25. The van der Waals surface area contributed by atoms with Gasteiger partial charge in [0, 0.05) is 12.3 Å². The minimum absolute atomic E-state index is 0.109. The lowest BCUT2D eigenvalue weighted by Gasteiger charge is -2.24. The third kappa shape index (κ3) is 2.34. The van der Waals surface area contributed by atoms with Gasteiger partial charge in [-0.25, -0.2) is 4.79 Å². The minimum Gasteiger partial charge on any atom is -0.322 e. The van der Waals surface area contributed by atoms with Crippen LogP contribution in [-0.4, -0.2) is 34.7 Å². The quantitative estimate of drug-likeness (QED) is 0.553. The number of nitrogens with zero attached hydrogens (tertiary/aromatic N) is 1. The maximum absolute atomic E-state index is 12.2. The number of carbonyl (C=O) groups is 2. The van der Waals surface area contributed by atoms with E-state index >= 15 is 0 Å². The van der Waals surface area contributed by atoms with Gasteiger partial charge in [-0.1, -0.05) is 26.7 Å². The van der Waals surface area contributed by atoms with Crippen LogP contribution in [0.2, 0.25) is 0 Å². The molecule has 1 N–H and O–H groups in total. The van der Waals surface area contributed by atoms with Crippen LogP contribution in [0, 0.1) is 0 Å². The van der Waals surface area contributed by atoms with E-state index in [2.05, 4.69) is 24.9 Å². The Balaban J connectivity index is 2.80. The van der Waals surface area contributed by atoms with E-state index in [9.17, 15) is 9.59 Å². The predicted octanol–water partition coefficient (Wildman–Crippen LogP) is 1.81. The Hall–Kier alpha value is -0.710. The zero-order valence-electron chi connectivity index (χ0n) is 9.95. The molecule has 4 nitrogen and oxygen atoms in total. The summed E-state index contributed by atoms with van der Waals surface area (Å²) in [7, 11) is 0. The van der Waals surface area contributed by atoms with Gasteiger partial charge in [-0.15, -0.1) is 0 Å². The zero-order valence-corrected chi connectivity index (χ0v) is 10.8. The fraction of sp³-hybridized carbons (Fsp3) is 0.818. The summed E-state index contributed by atoms with van der Waals surface area (Å²) in [4.78, 5) is 25.1. The summed E-state index contributed by atoms with van der Waals surface area (Å²) in [6, 6.07) is -0.267. The van der Waals surface area contributed by atoms with Gasteiger partial charge in [0.05, 0.1) is 0 Å². The molecule has 1 atom stereocenters. The highest BCUT2D eigenvalue weighted by Gasteiger charge is 2.49. The van der Waals surface area contributed by atoms with Crippen molar-refractivity contribution in [3.8, 4) is 0 Å². The largest absolute Gasteiger partial charge is 0.325 e. The Kier molecular flexibility index (Phi) is 4.65. The number of unbranched alkanes of at least 4 members (excludes halogenated alkanes) is 1. The Morgan fingerprint density at radius 1 is 1.31 bits per heavy atom. The van der Waals surface area contributed by atoms with E-state index in [1.54, 1.807) is 0 Å². The molecule has 0 radical (unpaired) electrons. The van der Waals surface area contributed by atoms with E-state index < -0.39 is 5.54 Å². The highest BCUT2D eigenvalue weighted by atomic mass is 32.1. The zero-order chi connectivity index (χ0) is 12.2. The molecule has 1 aliphatic rings. The molecule has 1 rings (SSSR count). The highest BCUT2D eigenvalue weighted by molar-refractivity contribution is 7.80. The van der Waals surface area contributed by atoms with Crippen molar-refractivity contribution in [1.82, 2.24) is 10.2 Å². The Morgan fingerprint density at radius 3 is 2.50 bits per heavy atom. The lowest BCUT2D eigenvalue weighted by atomic mass is 9.95. The van der Waals surface area contributed by atoms with Crippen LogP contribution in [0.4, 0.5) is 4.79 Å². The third-order valence-electron chi connectivity index (χ3n) is 2.92. The van der Waals surface area contributed by atoms with E-state index in [1.165, 1.54) is 4.90 Å². The molecule has 0 bridgehead atoms. The molecule has 16 heavy (non-hydrogen) atoms. The van der Waals surface area contributed by atoms with Crippen LogP contribution in [0.25, 0.3) is 0 Å². The van der Waals surface area contributed by atoms with Crippen molar-refractivity contribution in [2.24, 2.45) is 0 Å². The van der Waals surface area contributed by atoms with Gasteiger partial charge < -0.3 is 5.32 Å². The number of imide groups is 1. The van der Waals surface area contributed by atoms with Gasteiger partial charge in [0.25, 0.3) is 5.91 Å². The molecule has 0 aliphatic carbocycles. The molecule has 1 heterocycles. The Labute approximate surface area is 102 Å². The molecular formula is C11H20N2O2S. The Morgan fingerprint density at radius 2 is 2.00 bits per heavy atom. The number of thiol groups is 1. The molecule has 1 fully saturated rings. The second-order valence-corrected chi connectivity index (χ2v) is 4.55. The fourth-order valence-electron chi connectivity index (χ4n) is 1.94. The smallest absolute Gasteiger partial charge is 0.322 e. The first-order valence-corrected chi connectivity index (χ1v) is 6.49. The first kappa shape index (κ1) is 13.4. The fourth-order valence-corrected chi connectivity index (χ4v) is 2.31. The topological polar surface area (TPSA) is 49.4 Å². The number of rotatable bonds is 6. The average molecular weight is 244 g/mol. The molecule has 0 saturated carbocycles. The van der Waals surface area contributed by atoms with Crippen molar-refractivity contribution in [1.29, 1.82) is 0 Å². The van der Waals surface area contributed by atoms with Crippen LogP contribution in [-0.2, 0) is 4.79 Å². The molecular weight excluding hydrogens is 224 g/mol. The third-order valence-corrected chi connectivity index (χ3v) is 3.46. The summed E-state index contributed by atoms with van der Waals surface area (Å²) in [6.07, 6.45) is 3.40. The second kappa shape index (κ2) is 5.57. The van der Waals surface area contributed by atoms with Crippen molar-refractivity contribution in [2.45, 2.75) is 45.1 Å². The summed E-state index contributed by atoms with van der Waals surface area (Å²) in [5, 5.41) is 2.80. The lowest BCUT2D eigenvalue weighted by Crippen LogP contribution is -2.48. The van der Waals surface area contributed by atoms with Gasteiger partial charge in [0.1, 0.15) is 5.54 Å². The monoisotopic (exact) mass is 244 g/mol. The van der Waals surface area contributed by atoms with Crippen molar-refractivity contribution in [3.05, 3.63) is 0 Å². The second-order valence-electron chi connectivity index (χ2n) is 4.23. The first-order valence-electron chi connectivity index (χ1n) is 5.86. The number of carbonyl (C=O) groups excluding carboxylic acids is 2. The maximum Gasteiger partial charge on any atom is 0.325 e. The van der Waals surface area contributed by atoms with Crippen molar-refractivity contribution >= 4 is 24.6 Å². The molecule has 1 saturated heterocycles. The van der Waals surface area contributed by atoms with Crippen LogP contribution in [0.5, 0.6) is 0 Å². The normalized spacial score (nSPS) is 25.1. The van der Waals surface area contributed by atoms with Gasteiger partial charge in [0.15, 0.2) is 0 Å². The van der Waals surface area contributed by atoms with Gasteiger partial charge >= 0.3 is 6.03 Å². The number of amides is 3. The number of hydrogen-bond donors (Lipinski definition) is 2. The molecule has 0 aromatic carbocycles. The first-order chi connectivity index (χ1) is 7.61. The van der Waals surface area contributed by atoms with Crippen LogP contribution in [0.1, 0.15) is 39.5 Å². The van der Waals surface area contributed by atoms with E-state index in [1.807, 2.05) is 6.92 Å². The minimum atomic E-state index is -0.759. The van der Waals surface area contributed by atoms with Crippen molar-refractivity contribution in [3.63, 3.8) is 0 Å². The van der Waals surface area contributed by atoms with E-state index in [4.69, 9.17) is 0 Å². The standard InChI is InChI=1S/C11H20N2O2S/c1-3-5-6-11(8-16)9(14)13(7-4-2)10(15)12-11/h16H,3-8H2,1-2H3,(H,12,15). The molecule has 1 aliphatic heterocycles. The number of urea groups is 1. The summed E-state index contributed by atoms with van der Waals surface area (Å²) in [5.74, 6) is 0.264. The lowest BCUT2D eigenvalue weighted by molar-refractivity contribution is -0.130. The van der Waals surface area contributed by atoms with Crippen molar-refractivity contribution < 1.29 is 9.59 Å². The molecule has 5 heteroatoms. The predicted molar refractivity (Wildman–Crippen MR) is 66.6 cm³/mol. The summed E-state index contributed by atoms with van der Waals surface area (Å²) < 4.78 is 0. The Bertz CT molecular complexity index is 283. The molecule has 1 unspecified atom stereocenters. The molecule has 92 valence electrons. The molecule has 3 amide bonds. The van der Waals surface area contributed by atoms with Crippen molar-refractivity contribution in [2.75, 3.05) is 12.3 Å². The van der Waals surface area contributed by atoms with Gasteiger partial charge in [-0.2, -0.15) is 12.6 Å². The van der Waals surface area contributed by atoms with Gasteiger partial charge in [0.2, 0.25) is 0 Å². The van der Waals surface area contributed by atoms with Gasteiger partial charge in [-0.05, 0) is 12.8 Å². The van der Waals surface area contributed by atoms with Crippen LogP contribution in [0.15, 0.2) is 0 Å². The van der Waals surface area contributed by atoms with Crippen LogP contribution >= 0.6 is 12.6 Å². The molecule has 0 aromatic rings. The summed E-state index contributed by atoms with van der Waals surface area (Å²) >= 11 is 4.22. The number of hydrogen-bond acceptors (Lipinski definition) is 3. The van der Waals surface area contributed by atoms with Gasteiger partial charge in [-0.3, -0.25) is 9.69 Å². The van der Waals surface area contributed by atoms with Crippen LogP contribution < -0.4 is 5.32 Å².